The molecule has 0 amide bonds. The zero-order valence-electron chi connectivity index (χ0n) is 17.0. The summed E-state index contributed by atoms with van der Waals surface area (Å²) in [4.78, 5) is 22.2. The monoisotopic (exact) mass is 466 g/mol. The van der Waals surface area contributed by atoms with Crippen molar-refractivity contribution in [1.82, 2.24) is 4.98 Å². The van der Waals surface area contributed by atoms with Crippen LogP contribution in [0.25, 0.3) is 5.70 Å². The van der Waals surface area contributed by atoms with Crippen LogP contribution < -0.4 is 4.98 Å². The summed E-state index contributed by atoms with van der Waals surface area (Å²) in [6.07, 6.45) is 14.6. The van der Waals surface area contributed by atoms with Crippen LogP contribution in [0.4, 0.5) is 4.39 Å². The highest BCUT2D eigenvalue weighted by Crippen LogP contribution is 2.17. The molecule has 29 heavy (non-hydrogen) atoms. The molecule has 3 rings (SSSR count). The van der Waals surface area contributed by atoms with Crippen molar-refractivity contribution in [2.75, 3.05) is 13.8 Å². The Morgan fingerprint density at radius 1 is 1.38 bits per heavy atom. The third-order valence-corrected chi connectivity index (χ3v) is 4.05. The van der Waals surface area contributed by atoms with E-state index in [1.165, 1.54) is 31.5 Å². The predicted octanol–water partition coefficient (Wildman–Crippen LogP) is 4.62. The van der Waals surface area contributed by atoms with Gasteiger partial charge < -0.3 is 9.47 Å². The van der Waals surface area contributed by atoms with Crippen LogP contribution in [-0.2, 0) is 9.47 Å². The van der Waals surface area contributed by atoms with E-state index in [1.54, 1.807) is 6.08 Å². The summed E-state index contributed by atoms with van der Waals surface area (Å²) >= 11 is 3.27. The Morgan fingerprint density at radius 3 is 2.72 bits per heavy atom. The standard InChI is InChI=1S/C10H8BrN3O3.C9H11F.C2H6/c1-16-10(15)6-3-12-9(13-4-6)7-2-8(11)17-5-14-7;1-8-3-2-4-9(7-10)6-5-8;1-2/h2-5,8H,1H3;3-6H,2,7H2,1H3;1-2H3/p+1. The second-order valence-electron chi connectivity index (χ2n) is 5.55. The zero-order valence-corrected chi connectivity index (χ0v) is 18.6. The van der Waals surface area contributed by atoms with Crippen molar-refractivity contribution in [2.45, 2.75) is 32.2 Å². The summed E-state index contributed by atoms with van der Waals surface area (Å²) in [5, 5.41) is -0.231. The van der Waals surface area contributed by atoms with Crippen molar-refractivity contribution < 1.29 is 23.6 Å². The van der Waals surface area contributed by atoms with Crippen molar-refractivity contribution in [3.63, 3.8) is 0 Å². The van der Waals surface area contributed by atoms with Gasteiger partial charge in [0.05, 0.1) is 7.11 Å². The summed E-state index contributed by atoms with van der Waals surface area (Å²) in [6, 6.07) is 0. The lowest BCUT2D eigenvalue weighted by molar-refractivity contribution is -0.387. The highest BCUT2D eigenvalue weighted by Gasteiger charge is 2.18. The van der Waals surface area contributed by atoms with Gasteiger partial charge >= 0.3 is 11.8 Å². The number of H-pyrrole nitrogens is 1. The van der Waals surface area contributed by atoms with Crippen LogP contribution in [0.1, 0.15) is 43.4 Å². The van der Waals surface area contributed by atoms with Crippen molar-refractivity contribution in [3.8, 4) is 0 Å². The second-order valence-corrected chi connectivity index (χ2v) is 6.45. The van der Waals surface area contributed by atoms with E-state index in [-0.39, 0.29) is 11.7 Å². The first kappa shape index (κ1) is 24.4. The molecule has 0 aromatic carbocycles. The molecule has 1 N–H and O–H groups in total. The molecule has 0 saturated carbocycles. The van der Waals surface area contributed by atoms with Gasteiger partial charge in [0.15, 0.2) is 23.3 Å². The number of alkyl halides is 2. The van der Waals surface area contributed by atoms with Crippen LogP contribution in [0.3, 0.4) is 0 Å². The maximum absolute atomic E-state index is 12.0. The summed E-state index contributed by atoms with van der Waals surface area (Å²) in [5.41, 5.74) is 2.98. The Balaban J connectivity index is 0.000000299. The molecule has 8 heteroatoms. The lowest BCUT2D eigenvalue weighted by atomic mass is 10.2. The number of carbonyl (C=O) groups excluding carboxylic acids is 1. The topological polar surface area (TPSA) is 74.9 Å². The third kappa shape index (κ3) is 8.51. The van der Waals surface area contributed by atoms with E-state index in [1.807, 2.05) is 39.0 Å². The highest BCUT2D eigenvalue weighted by molar-refractivity contribution is 9.09. The fourth-order valence-electron chi connectivity index (χ4n) is 2.09. The molecule has 2 heterocycles. The number of aliphatic imine (C=N–C) groups is 1. The van der Waals surface area contributed by atoms with Gasteiger partial charge in [-0.2, -0.15) is 0 Å². The minimum atomic E-state index is -0.442. The van der Waals surface area contributed by atoms with Crippen molar-refractivity contribution in [2.24, 2.45) is 4.99 Å². The molecule has 1 aliphatic heterocycles. The molecule has 156 valence electrons. The van der Waals surface area contributed by atoms with E-state index in [2.05, 4.69) is 41.7 Å². The largest absolute Gasteiger partial charge is 0.465 e. The highest BCUT2D eigenvalue weighted by atomic mass is 79.9. The molecule has 1 atom stereocenters. The van der Waals surface area contributed by atoms with E-state index < -0.39 is 5.97 Å². The number of hydrogen-bond acceptors (Lipinski definition) is 5. The number of halogens is 2. The molecule has 1 aliphatic carbocycles. The number of allylic oxidation sites excluding steroid dienone is 6. The number of carbonyl (C=O) groups is 1. The van der Waals surface area contributed by atoms with Crippen LogP contribution >= 0.6 is 15.9 Å². The maximum Gasteiger partial charge on any atom is 0.346 e. The number of nitrogens with zero attached hydrogens (tertiary/aromatic N) is 2. The number of rotatable bonds is 3. The first-order valence-corrected chi connectivity index (χ1v) is 10.0. The van der Waals surface area contributed by atoms with E-state index in [9.17, 15) is 9.18 Å². The average molecular weight is 467 g/mol. The molecular formula is C21H26BrFN3O3+. The normalized spacial score (nSPS) is 17.0. The summed E-state index contributed by atoms with van der Waals surface area (Å²) < 4.78 is 21.7. The second kappa shape index (κ2) is 13.5. The quantitative estimate of drug-likeness (QED) is 0.481. The third-order valence-electron chi connectivity index (χ3n) is 3.57. The zero-order chi connectivity index (χ0) is 21.6. The van der Waals surface area contributed by atoms with Crippen LogP contribution in [-0.4, -0.2) is 36.2 Å². The fraction of sp³-hybridized carbons (Fsp3) is 0.333. The van der Waals surface area contributed by atoms with Gasteiger partial charge in [0, 0.05) is 6.08 Å². The van der Waals surface area contributed by atoms with E-state index >= 15 is 0 Å². The number of nitrogens with one attached hydrogen (secondary N) is 1. The van der Waals surface area contributed by atoms with Gasteiger partial charge in [0.25, 0.3) is 0 Å². The van der Waals surface area contributed by atoms with Crippen molar-refractivity contribution in [3.05, 3.63) is 65.3 Å². The molecule has 1 aromatic heterocycles. The van der Waals surface area contributed by atoms with Gasteiger partial charge in [-0.05, 0) is 39.8 Å². The molecule has 0 fully saturated rings. The summed E-state index contributed by atoms with van der Waals surface area (Å²) in [6.45, 7) is 5.67. The molecule has 1 unspecified atom stereocenters. The van der Waals surface area contributed by atoms with Gasteiger partial charge in [-0.1, -0.05) is 43.7 Å². The SMILES string of the molecule is CC.CC1=CCC=C(CF)C=C1.COC(=O)c1cnc(C2=CC(Br)OC=N2)[nH+]c1. The number of hydrogen-bond donors (Lipinski definition) is 0. The Labute approximate surface area is 179 Å². The van der Waals surface area contributed by atoms with Gasteiger partial charge in [0.1, 0.15) is 18.4 Å². The number of aromatic nitrogens is 2. The maximum atomic E-state index is 12.0. The van der Waals surface area contributed by atoms with Gasteiger partial charge in [0.2, 0.25) is 0 Å². The predicted molar refractivity (Wildman–Crippen MR) is 115 cm³/mol. The number of ether oxygens (including phenoxy) is 2. The van der Waals surface area contributed by atoms with E-state index in [0.29, 0.717) is 17.1 Å². The smallest absolute Gasteiger partial charge is 0.346 e. The summed E-state index contributed by atoms with van der Waals surface area (Å²) in [5.74, 6) is 0.102. The first-order chi connectivity index (χ1) is 14.0. The molecule has 0 spiro atoms. The molecule has 6 nitrogen and oxygen atoms in total. The first-order valence-electron chi connectivity index (χ1n) is 9.13. The van der Waals surface area contributed by atoms with Crippen LogP contribution in [0.2, 0.25) is 0 Å². The minimum Gasteiger partial charge on any atom is -0.465 e. The summed E-state index contributed by atoms with van der Waals surface area (Å²) in [7, 11) is 1.32. The Kier molecular flexibility index (Phi) is 11.4. The van der Waals surface area contributed by atoms with Gasteiger partial charge in [-0.15, -0.1) is 0 Å². The Morgan fingerprint density at radius 2 is 2.14 bits per heavy atom. The Hall–Kier alpha value is -2.61. The van der Waals surface area contributed by atoms with Gasteiger partial charge in [-0.25, -0.2) is 19.2 Å². The molecule has 0 radical (unpaired) electrons. The molecule has 2 aliphatic rings. The Bertz CT molecular complexity index is 815. The van der Waals surface area contributed by atoms with Crippen molar-refractivity contribution >= 4 is 34.0 Å². The number of aromatic amines is 1. The molecular weight excluding hydrogens is 441 g/mol. The van der Waals surface area contributed by atoms with Crippen LogP contribution in [0.5, 0.6) is 0 Å². The van der Waals surface area contributed by atoms with Crippen LogP contribution in [0.15, 0.2) is 58.9 Å². The number of methoxy groups -OCH3 is 1. The van der Waals surface area contributed by atoms with Crippen LogP contribution in [0, 0.1) is 0 Å². The van der Waals surface area contributed by atoms with E-state index in [4.69, 9.17) is 4.74 Å². The van der Waals surface area contributed by atoms with Gasteiger partial charge in [-0.3, -0.25) is 0 Å². The number of esters is 1. The molecule has 1 aromatic rings. The minimum absolute atomic E-state index is 0.231. The lowest BCUT2D eigenvalue weighted by Gasteiger charge is -2.08. The van der Waals surface area contributed by atoms with Crippen molar-refractivity contribution in [1.29, 1.82) is 0 Å². The molecule has 0 bridgehead atoms. The van der Waals surface area contributed by atoms with E-state index in [0.717, 1.165) is 12.0 Å². The average Bonchev–Trinajstić information content (AvgIpc) is 2.99. The fourth-order valence-corrected chi connectivity index (χ4v) is 2.43. The lowest BCUT2D eigenvalue weighted by Crippen LogP contribution is -2.18. The molecule has 0 saturated heterocycles.